The Balaban J connectivity index is 0.000000221. The van der Waals surface area contributed by atoms with Crippen LogP contribution in [-0.4, -0.2) is 23.9 Å². The molecule has 0 atom stereocenters. The van der Waals surface area contributed by atoms with Crippen molar-refractivity contribution >= 4 is 12.7 Å². The molecule has 0 aliphatic carbocycles. The molecular weight excluding hydrogens is 355 g/mol. The zero-order valence-corrected chi connectivity index (χ0v) is 18.4. The van der Waals surface area contributed by atoms with Crippen LogP contribution < -0.4 is 10.2 Å². The summed E-state index contributed by atoms with van der Waals surface area (Å²) < 4.78 is 5.63. The lowest BCUT2D eigenvalue weighted by molar-refractivity contribution is 0.343. The van der Waals surface area contributed by atoms with Gasteiger partial charge in [0.1, 0.15) is 5.75 Å². The summed E-state index contributed by atoms with van der Waals surface area (Å²) in [4.78, 5) is 7.33. The van der Waals surface area contributed by atoms with Crippen molar-refractivity contribution in [2.45, 2.75) is 53.3 Å². The average Bonchev–Trinajstić information content (AvgIpc) is 3.13. The van der Waals surface area contributed by atoms with Crippen LogP contribution in [0.5, 0.6) is 5.75 Å². The van der Waals surface area contributed by atoms with Gasteiger partial charge >= 0.3 is 0 Å². The lowest BCUT2D eigenvalue weighted by atomic mass is 9.65. The molecule has 1 aromatic heterocycles. The van der Waals surface area contributed by atoms with E-state index in [9.17, 15) is 0 Å². The van der Waals surface area contributed by atoms with Crippen LogP contribution in [0.4, 0.5) is 0 Å². The Morgan fingerprint density at radius 2 is 1.76 bits per heavy atom. The first-order valence-electron chi connectivity index (χ1n) is 10.8. The van der Waals surface area contributed by atoms with E-state index < -0.39 is 0 Å². The summed E-state index contributed by atoms with van der Waals surface area (Å²) in [5, 5.41) is 0. The average molecular weight is 390 g/mol. The van der Waals surface area contributed by atoms with Gasteiger partial charge in [0.2, 0.25) is 0 Å². The van der Waals surface area contributed by atoms with Crippen molar-refractivity contribution < 1.29 is 4.74 Å². The summed E-state index contributed by atoms with van der Waals surface area (Å²) >= 11 is 0. The van der Waals surface area contributed by atoms with Gasteiger partial charge < -0.3 is 9.72 Å². The van der Waals surface area contributed by atoms with Gasteiger partial charge in [0.05, 0.1) is 18.6 Å². The van der Waals surface area contributed by atoms with Gasteiger partial charge in [-0.1, -0.05) is 74.4 Å². The first-order chi connectivity index (χ1) is 14.1. The van der Waals surface area contributed by atoms with E-state index in [0.29, 0.717) is 0 Å². The molecule has 3 aromatic rings. The van der Waals surface area contributed by atoms with E-state index in [2.05, 4.69) is 73.2 Å². The molecule has 0 saturated carbocycles. The van der Waals surface area contributed by atoms with Gasteiger partial charge in [-0.2, -0.15) is 0 Å². The maximum atomic E-state index is 5.63. The molecule has 2 aromatic carbocycles. The molecule has 0 aliphatic heterocycles. The number of para-hydroxylation sites is 1. The van der Waals surface area contributed by atoms with E-state index in [4.69, 9.17) is 4.74 Å². The predicted molar refractivity (Wildman–Crippen MR) is 126 cm³/mol. The van der Waals surface area contributed by atoms with Crippen molar-refractivity contribution in [2.75, 3.05) is 6.61 Å². The van der Waals surface area contributed by atoms with Crippen LogP contribution in [0, 0.1) is 12.8 Å². The Morgan fingerprint density at radius 3 is 2.41 bits per heavy atom. The van der Waals surface area contributed by atoms with Gasteiger partial charge in [-0.15, -0.1) is 0 Å². The molecule has 0 unspecified atom stereocenters. The molecule has 1 heterocycles. The second-order valence-electron chi connectivity index (χ2n) is 7.78. The Hall–Kier alpha value is -2.49. The van der Waals surface area contributed by atoms with Crippen molar-refractivity contribution in [2.24, 2.45) is 5.92 Å². The summed E-state index contributed by atoms with van der Waals surface area (Å²) in [7, 11) is 1.03. The molecule has 3 rings (SSSR count). The van der Waals surface area contributed by atoms with Gasteiger partial charge in [0, 0.05) is 5.69 Å². The number of benzene rings is 2. The summed E-state index contributed by atoms with van der Waals surface area (Å²) in [5.74, 6) is 1.83. The fourth-order valence-corrected chi connectivity index (χ4v) is 3.26. The molecule has 0 bridgehead atoms. The first-order valence-corrected chi connectivity index (χ1v) is 10.8. The third kappa shape index (κ3) is 8.60. The second kappa shape index (κ2) is 12.9. The topological polar surface area (TPSA) is 37.9 Å². The Labute approximate surface area is 177 Å². The fraction of sp³-hybridized carbons (Fsp3) is 0.400. The molecule has 3 nitrogen and oxygen atoms in total. The largest absolute Gasteiger partial charge is 0.494 e. The molecule has 29 heavy (non-hydrogen) atoms. The molecule has 0 aliphatic rings. The molecule has 1 N–H and O–H groups in total. The summed E-state index contributed by atoms with van der Waals surface area (Å²) in [6.45, 7) is 9.33. The monoisotopic (exact) mass is 390 g/mol. The zero-order valence-electron chi connectivity index (χ0n) is 18.4. The number of aromatic nitrogens is 2. The van der Waals surface area contributed by atoms with Crippen molar-refractivity contribution in [1.29, 1.82) is 0 Å². The molecule has 154 valence electrons. The van der Waals surface area contributed by atoms with Crippen LogP contribution in [0.25, 0.3) is 0 Å². The highest BCUT2D eigenvalue weighted by Crippen LogP contribution is 2.10. The second-order valence-corrected chi connectivity index (χ2v) is 7.78. The number of rotatable bonds is 9. The van der Waals surface area contributed by atoms with Gasteiger partial charge in [-0.25, -0.2) is 4.98 Å². The molecule has 0 radical (unpaired) electrons. The third-order valence-electron chi connectivity index (χ3n) is 4.94. The molecular formula is C25H35BN2O. The maximum Gasteiger partial charge on any atom is 0.167 e. The molecule has 0 fully saturated rings. The molecule has 0 amide bonds. The Bertz CT molecular complexity index is 814. The van der Waals surface area contributed by atoms with Crippen LogP contribution in [0.2, 0.25) is 0 Å². The van der Waals surface area contributed by atoms with Crippen LogP contribution in [0.15, 0.2) is 60.9 Å². The number of nitrogens with one attached hydrogen (secondary N) is 1. The summed E-state index contributed by atoms with van der Waals surface area (Å²) in [6, 6.07) is 18.9. The highest BCUT2D eigenvalue weighted by atomic mass is 16.5. The normalized spacial score (nSPS) is 10.4. The van der Waals surface area contributed by atoms with E-state index in [1.54, 1.807) is 6.33 Å². The number of ether oxygens (including phenoxy) is 1. The Morgan fingerprint density at radius 1 is 1.03 bits per heavy atom. The number of nitrogens with zero attached hydrogens (tertiary/aromatic N) is 1. The first kappa shape index (κ1) is 22.8. The lowest BCUT2D eigenvalue weighted by Gasteiger charge is -2.09. The van der Waals surface area contributed by atoms with Crippen LogP contribution >= 0.6 is 0 Å². The highest BCUT2D eigenvalue weighted by molar-refractivity contribution is 6.54. The van der Waals surface area contributed by atoms with E-state index in [0.717, 1.165) is 44.0 Å². The molecule has 0 spiro atoms. The van der Waals surface area contributed by atoms with Gasteiger partial charge in [0.15, 0.2) is 7.28 Å². The van der Waals surface area contributed by atoms with Crippen molar-refractivity contribution in [3.05, 3.63) is 77.9 Å². The minimum atomic E-state index is 0.725. The van der Waals surface area contributed by atoms with Gasteiger partial charge in [-0.3, -0.25) is 0 Å². The molecule has 4 heteroatoms. The summed E-state index contributed by atoms with van der Waals surface area (Å²) in [6.07, 6.45) is 6.55. The van der Waals surface area contributed by atoms with Crippen molar-refractivity contribution in [3.8, 4) is 5.75 Å². The smallest absolute Gasteiger partial charge is 0.167 e. The number of aromatic amines is 1. The van der Waals surface area contributed by atoms with E-state index >= 15 is 0 Å². The minimum Gasteiger partial charge on any atom is -0.494 e. The van der Waals surface area contributed by atoms with Crippen LogP contribution in [0.1, 0.15) is 50.6 Å². The van der Waals surface area contributed by atoms with E-state index in [-0.39, 0.29) is 0 Å². The zero-order chi connectivity index (χ0) is 20.9. The quantitative estimate of drug-likeness (QED) is 0.520. The molecule has 0 saturated heterocycles. The number of hydrogen-bond acceptors (Lipinski definition) is 2. The van der Waals surface area contributed by atoms with Crippen LogP contribution in [-0.2, 0) is 12.7 Å². The van der Waals surface area contributed by atoms with E-state index in [1.807, 2.05) is 19.1 Å². The number of imidazole rings is 1. The van der Waals surface area contributed by atoms with E-state index in [1.165, 1.54) is 29.6 Å². The summed E-state index contributed by atoms with van der Waals surface area (Å²) in [5.41, 5.74) is 5.12. The Kier molecular flexibility index (Phi) is 10.1. The maximum absolute atomic E-state index is 5.63. The highest BCUT2D eigenvalue weighted by Gasteiger charge is 2.04. The number of aryl methyl sites for hydroxylation is 2. The van der Waals surface area contributed by atoms with Crippen LogP contribution in [0.3, 0.4) is 0 Å². The number of H-pyrrole nitrogens is 1. The SMILES string of the molecule is CCOc1ccccc1BCc1ccccc1.Cc1nc[nH]c1CCCC(C)C. The fourth-order valence-electron chi connectivity index (χ4n) is 3.26. The minimum absolute atomic E-state index is 0.725. The van der Waals surface area contributed by atoms with Gasteiger partial charge in [0.25, 0.3) is 0 Å². The van der Waals surface area contributed by atoms with Crippen molar-refractivity contribution in [3.63, 3.8) is 0 Å². The predicted octanol–water partition coefficient (Wildman–Crippen LogP) is 5.04. The van der Waals surface area contributed by atoms with Crippen molar-refractivity contribution in [1.82, 2.24) is 9.97 Å². The standard InChI is InChI=1S/C15H17BO.C10H18N2/c1-2-17-15-11-7-6-10-14(15)16-12-13-8-4-3-5-9-13;1-8(2)5-4-6-10-9(3)11-7-12-10/h3-11,16H,2,12H2,1H3;7-8H,4-6H2,1-3H3,(H,11,12). The third-order valence-corrected chi connectivity index (χ3v) is 4.94. The number of hydrogen-bond donors (Lipinski definition) is 1. The lowest BCUT2D eigenvalue weighted by Crippen LogP contribution is -2.19. The van der Waals surface area contributed by atoms with Gasteiger partial charge in [-0.05, 0) is 50.5 Å².